The summed E-state index contributed by atoms with van der Waals surface area (Å²) in [5.41, 5.74) is 1.19. The quantitative estimate of drug-likeness (QED) is 0.906. The molecule has 4 nitrogen and oxygen atoms in total. The molecule has 1 aromatic rings. The van der Waals surface area contributed by atoms with Crippen LogP contribution < -0.4 is 5.32 Å². The zero-order valence-electron chi connectivity index (χ0n) is 13.9. The first-order valence-corrected chi connectivity index (χ1v) is 8.91. The van der Waals surface area contributed by atoms with E-state index in [1.165, 1.54) is 10.4 Å². The molecule has 0 aromatic carbocycles. The molecule has 1 aliphatic carbocycles. The lowest BCUT2D eigenvalue weighted by molar-refractivity contribution is -0.126. The molecule has 2 amide bonds. The molecule has 1 N–H and O–H groups in total. The van der Waals surface area contributed by atoms with Gasteiger partial charge in [-0.05, 0) is 43.7 Å². The van der Waals surface area contributed by atoms with Crippen molar-refractivity contribution in [1.29, 1.82) is 0 Å². The molecule has 0 unspecified atom stereocenters. The Labute approximate surface area is 136 Å². The van der Waals surface area contributed by atoms with E-state index >= 15 is 0 Å². The van der Waals surface area contributed by atoms with Crippen LogP contribution >= 0.6 is 11.3 Å². The summed E-state index contributed by atoms with van der Waals surface area (Å²) in [4.78, 5) is 28.1. The number of carbonyl (C=O) groups excluding carboxylic acids is 2. The molecule has 1 atom stereocenters. The van der Waals surface area contributed by atoms with Crippen molar-refractivity contribution in [3.63, 3.8) is 0 Å². The van der Waals surface area contributed by atoms with Crippen molar-refractivity contribution in [3.8, 4) is 0 Å². The molecular formula is C17H26N2O2S. The van der Waals surface area contributed by atoms with Gasteiger partial charge in [-0.1, -0.05) is 13.8 Å². The van der Waals surface area contributed by atoms with E-state index in [1.54, 1.807) is 30.3 Å². The number of amides is 2. The molecule has 22 heavy (non-hydrogen) atoms. The summed E-state index contributed by atoms with van der Waals surface area (Å²) in [5, 5.41) is 3.15. The Morgan fingerprint density at radius 1 is 1.36 bits per heavy atom. The van der Waals surface area contributed by atoms with Gasteiger partial charge in [-0.25, -0.2) is 0 Å². The molecule has 0 radical (unpaired) electrons. The number of carbonyl (C=O) groups is 2. The van der Waals surface area contributed by atoms with Gasteiger partial charge in [-0.3, -0.25) is 9.59 Å². The van der Waals surface area contributed by atoms with Crippen LogP contribution in [0, 0.1) is 5.92 Å². The molecule has 0 fully saturated rings. The van der Waals surface area contributed by atoms with E-state index in [2.05, 4.69) is 19.2 Å². The molecule has 5 heteroatoms. The average Bonchev–Trinajstić information content (AvgIpc) is 2.94. The third kappa shape index (κ3) is 3.69. The van der Waals surface area contributed by atoms with Gasteiger partial charge in [-0.15, -0.1) is 11.3 Å². The highest BCUT2D eigenvalue weighted by Gasteiger charge is 2.28. The molecular weight excluding hydrogens is 296 g/mol. The normalized spacial score (nSPS) is 17.2. The number of hydrogen-bond acceptors (Lipinski definition) is 3. The second kappa shape index (κ2) is 7.27. The average molecular weight is 322 g/mol. The Hall–Kier alpha value is -1.36. The van der Waals surface area contributed by atoms with Gasteiger partial charge in [0.15, 0.2) is 0 Å². The van der Waals surface area contributed by atoms with E-state index < -0.39 is 0 Å². The SMILES string of the molecule is CCC(CC)NC(=O)[C@@H]1CCc2sc(C(=O)N(C)C)cc2C1. The minimum Gasteiger partial charge on any atom is -0.353 e. The highest BCUT2D eigenvalue weighted by Crippen LogP contribution is 2.33. The van der Waals surface area contributed by atoms with Gasteiger partial charge in [0.25, 0.3) is 5.91 Å². The lowest BCUT2D eigenvalue weighted by Gasteiger charge is -2.24. The monoisotopic (exact) mass is 322 g/mol. The van der Waals surface area contributed by atoms with E-state index in [0.29, 0.717) is 0 Å². The van der Waals surface area contributed by atoms with Gasteiger partial charge in [-0.2, -0.15) is 0 Å². The number of fused-ring (bicyclic) bond motifs is 1. The number of nitrogens with one attached hydrogen (secondary N) is 1. The fourth-order valence-electron chi connectivity index (χ4n) is 2.89. The van der Waals surface area contributed by atoms with Crippen LogP contribution in [-0.4, -0.2) is 36.9 Å². The molecule has 1 aromatic heterocycles. The highest BCUT2D eigenvalue weighted by atomic mass is 32.1. The third-order valence-corrected chi connectivity index (χ3v) is 5.63. The topological polar surface area (TPSA) is 49.4 Å². The van der Waals surface area contributed by atoms with Crippen LogP contribution in [0.5, 0.6) is 0 Å². The standard InChI is InChI=1S/C17H26N2O2S/c1-5-13(6-2)18-16(20)11-7-8-14-12(9-11)10-15(22-14)17(21)19(3)4/h10-11,13H,5-9H2,1-4H3,(H,18,20)/t11-/m1/s1. The van der Waals surface area contributed by atoms with Crippen molar-refractivity contribution in [2.75, 3.05) is 14.1 Å². The fourth-order valence-corrected chi connectivity index (χ4v) is 4.11. The predicted octanol–water partition coefficient (Wildman–Crippen LogP) is 2.86. The molecule has 1 heterocycles. The van der Waals surface area contributed by atoms with Crippen molar-refractivity contribution in [3.05, 3.63) is 21.4 Å². The smallest absolute Gasteiger partial charge is 0.263 e. The second-order valence-corrected chi connectivity index (χ2v) is 7.36. The Bertz CT molecular complexity index is 547. The third-order valence-electron chi connectivity index (χ3n) is 4.40. The minimum absolute atomic E-state index is 0.0463. The van der Waals surface area contributed by atoms with E-state index in [0.717, 1.165) is 37.0 Å². The van der Waals surface area contributed by atoms with Gasteiger partial charge in [0, 0.05) is 30.9 Å². The number of thiophene rings is 1. The first-order chi connectivity index (χ1) is 10.5. The molecule has 1 aliphatic rings. The zero-order valence-corrected chi connectivity index (χ0v) is 14.8. The van der Waals surface area contributed by atoms with E-state index in [-0.39, 0.29) is 23.8 Å². The summed E-state index contributed by atoms with van der Waals surface area (Å²) in [5.74, 6) is 0.272. The number of nitrogens with zero attached hydrogens (tertiary/aromatic N) is 1. The Balaban J connectivity index is 2.05. The van der Waals surface area contributed by atoms with E-state index in [4.69, 9.17) is 0 Å². The number of rotatable bonds is 5. The minimum atomic E-state index is 0.0463. The molecule has 0 aliphatic heterocycles. The van der Waals surface area contributed by atoms with Crippen LogP contribution in [0.1, 0.15) is 53.2 Å². The van der Waals surface area contributed by atoms with Crippen LogP contribution in [-0.2, 0) is 17.6 Å². The zero-order chi connectivity index (χ0) is 16.3. The van der Waals surface area contributed by atoms with Crippen LogP contribution in [0.25, 0.3) is 0 Å². The maximum atomic E-state index is 12.4. The summed E-state index contributed by atoms with van der Waals surface area (Å²) in [6.07, 6.45) is 4.50. The summed E-state index contributed by atoms with van der Waals surface area (Å²) < 4.78 is 0. The van der Waals surface area contributed by atoms with Gasteiger partial charge in [0.1, 0.15) is 0 Å². The fraction of sp³-hybridized carbons (Fsp3) is 0.647. The van der Waals surface area contributed by atoms with E-state index in [1.807, 2.05) is 6.07 Å². The van der Waals surface area contributed by atoms with Gasteiger partial charge in [0.2, 0.25) is 5.91 Å². The Morgan fingerprint density at radius 2 is 2.05 bits per heavy atom. The summed E-state index contributed by atoms with van der Waals surface area (Å²) in [7, 11) is 3.54. The Kier molecular flexibility index (Phi) is 5.62. The molecule has 0 saturated carbocycles. The lowest BCUT2D eigenvalue weighted by atomic mass is 9.87. The highest BCUT2D eigenvalue weighted by molar-refractivity contribution is 7.14. The number of hydrogen-bond donors (Lipinski definition) is 1. The first kappa shape index (κ1) is 17.0. The van der Waals surface area contributed by atoms with Crippen molar-refractivity contribution in [1.82, 2.24) is 10.2 Å². The maximum Gasteiger partial charge on any atom is 0.263 e. The van der Waals surface area contributed by atoms with Crippen molar-refractivity contribution in [2.45, 2.75) is 52.0 Å². The van der Waals surface area contributed by atoms with Crippen molar-refractivity contribution in [2.24, 2.45) is 5.92 Å². The molecule has 2 rings (SSSR count). The molecule has 0 saturated heterocycles. The molecule has 0 bridgehead atoms. The van der Waals surface area contributed by atoms with Crippen molar-refractivity contribution >= 4 is 23.2 Å². The maximum absolute atomic E-state index is 12.4. The van der Waals surface area contributed by atoms with Gasteiger partial charge >= 0.3 is 0 Å². The summed E-state index contributed by atoms with van der Waals surface area (Å²) >= 11 is 1.59. The summed E-state index contributed by atoms with van der Waals surface area (Å²) in [6, 6.07) is 2.26. The van der Waals surface area contributed by atoms with Crippen molar-refractivity contribution < 1.29 is 9.59 Å². The summed E-state index contributed by atoms with van der Waals surface area (Å²) in [6.45, 7) is 4.21. The van der Waals surface area contributed by atoms with Gasteiger partial charge < -0.3 is 10.2 Å². The predicted molar refractivity (Wildman–Crippen MR) is 90.4 cm³/mol. The molecule has 0 spiro atoms. The lowest BCUT2D eigenvalue weighted by Crippen LogP contribution is -2.39. The van der Waals surface area contributed by atoms with Crippen LogP contribution in [0.2, 0.25) is 0 Å². The first-order valence-electron chi connectivity index (χ1n) is 8.09. The van der Waals surface area contributed by atoms with Gasteiger partial charge in [0.05, 0.1) is 4.88 Å². The number of aryl methyl sites for hydroxylation is 1. The van der Waals surface area contributed by atoms with Crippen LogP contribution in [0.4, 0.5) is 0 Å². The Morgan fingerprint density at radius 3 is 2.64 bits per heavy atom. The largest absolute Gasteiger partial charge is 0.353 e. The van der Waals surface area contributed by atoms with Crippen LogP contribution in [0.15, 0.2) is 6.07 Å². The van der Waals surface area contributed by atoms with E-state index in [9.17, 15) is 9.59 Å². The second-order valence-electron chi connectivity index (χ2n) is 6.22. The molecule has 122 valence electrons. The van der Waals surface area contributed by atoms with Crippen LogP contribution in [0.3, 0.4) is 0 Å².